The van der Waals surface area contributed by atoms with Crippen LogP contribution in [-0.4, -0.2) is 43.2 Å². The van der Waals surface area contributed by atoms with Gasteiger partial charge < -0.3 is 24.9 Å². The van der Waals surface area contributed by atoms with E-state index in [9.17, 15) is 14.4 Å². The number of carbonyl (C=O) groups is 3. The van der Waals surface area contributed by atoms with Crippen molar-refractivity contribution in [2.24, 2.45) is 5.92 Å². The standard InChI is InChI=1S/C25H32N2O5S/c1-18(2)13-23(27-25(30)32-15-19-7-5-4-6-8-19)24(29)26-21(14-28)17-33-16-20-9-11-22(31-3)12-10-20/h4-12,14,18,21,23H,13,15-17H2,1-3H3,(H,26,29)(H,27,30)/t21?,23-/m1/s1. The first kappa shape index (κ1) is 26.3. The van der Waals surface area contributed by atoms with Gasteiger partial charge in [0.05, 0.1) is 13.2 Å². The fourth-order valence-corrected chi connectivity index (χ4v) is 4.00. The van der Waals surface area contributed by atoms with Gasteiger partial charge in [-0.25, -0.2) is 4.79 Å². The summed E-state index contributed by atoms with van der Waals surface area (Å²) in [6.07, 6.45) is 0.479. The van der Waals surface area contributed by atoms with Crippen LogP contribution in [0.25, 0.3) is 0 Å². The summed E-state index contributed by atoms with van der Waals surface area (Å²) in [6.45, 7) is 4.03. The molecule has 0 aliphatic rings. The van der Waals surface area contributed by atoms with Gasteiger partial charge in [-0.15, -0.1) is 0 Å². The molecule has 0 aliphatic heterocycles. The van der Waals surface area contributed by atoms with Crippen LogP contribution in [-0.2, 0) is 26.7 Å². The van der Waals surface area contributed by atoms with Crippen molar-refractivity contribution >= 4 is 30.0 Å². The highest BCUT2D eigenvalue weighted by atomic mass is 32.2. The van der Waals surface area contributed by atoms with Gasteiger partial charge in [0, 0.05) is 11.5 Å². The van der Waals surface area contributed by atoms with Gasteiger partial charge in [0.2, 0.25) is 5.91 Å². The lowest BCUT2D eigenvalue weighted by molar-refractivity contribution is -0.125. The fraction of sp³-hybridized carbons (Fsp3) is 0.400. The monoisotopic (exact) mass is 472 g/mol. The zero-order chi connectivity index (χ0) is 24.1. The summed E-state index contributed by atoms with van der Waals surface area (Å²) < 4.78 is 10.4. The van der Waals surface area contributed by atoms with Gasteiger partial charge >= 0.3 is 6.09 Å². The maximum absolute atomic E-state index is 12.8. The summed E-state index contributed by atoms with van der Waals surface area (Å²) in [6, 6.07) is 15.5. The molecule has 0 saturated heterocycles. The number of thioether (sulfide) groups is 1. The molecular formula is C25H32N2O5S. The van der Waals surface area contributed by atoms with Crippen molar-refractivity contribution in [2.45, 2.75) is 44.7 Å². The summed E-state index contributed by atoms with van der Waals surface area (Å²) >= 11 is 1.54. The molecule has 2 N–H and O–H groups in total. The van der Waals surface area contributed by atoms with Gasteiger partial charge in [0.15, 0.2) is 0 Å². The summed E-state index contributed by atoms with van der Waals surface area (Å²) in [5.41, 5.74) is 1.95. The molecule has 0 saturated carbocycles. The van der Waals surface area contributed by atoms with Crippen LogP contribution < -0.4 is 15.4 Å². The molecule has 178 valence electrons. The second kappa shape index (κ2) is 14.2. The van der Waals surface area contributed by atoms with Gasteiger partial charge in [-0.2, -0.15) is 11.8 Å². The summed E-state index contributed by atoms with van der Waals surface area (Å²) in [7, 11) is 1.62. The second-order valence-corrected chi connectivity index (χ2v) is 9.03. The molecular weight excluding hydrogens is 440 g/mol. The first-order valence-electron chi connectivity index (χ1n) is 10.8. The Balaban J connectivity index is 1.84. The van der Waals surface area contributed by atoms with E-state index in [0.717, 1.165) is 23.2 Å². The van der Waals surface area contributed by atoms with E-state index in [1.807, 2.05) is 68.4 Å². The Morgan fingerprint density at radius 1 is 1.00 bits per heavy atom. The molecule has 0 fully saturated rings. The molecule has 7 nitrogen and oxygen atoms in total. The van der Waals surface area contributed by atoms with E-state index in [0.29, 0.717) is 17.9 Å². The van der Waals surface area contributed by atoms with Crippen LogP contribution >= 0.6 is 11.8 Å². The smallest absolute Gasteiger partial charge is 0.408 e. The normalized spacial score (nSPS) is 12.5. The Hall–Kier alpha value is -3.00. The Bertz CT molecular complexity index is 874. The van der Waals surface area contributed by atoms with Crippen LogP contribution in [0.3, 0.4) is 0 Å². The zero-order valence-electron chi connectivity index (χ0n) is 19.3. The van der Waals surface area contributed by atoms with Gasteiger partial charge in [-0.1, -0.05) is 56.3 Å². The van der Waals surface area contributed by atoms with E-state index in [-0.39, 0.29) is 12.5 Å². The van der Waals surface area contributed by atoms with Crippen LogP contribution in [0.15, 0.2) is 54.6 Å². The zero-order valence-corrected chi connectivity index (χ0v) is 20.1. The molecule has 0 spiro atoms. The van der Waals surface area contributed by atoms with Crippen molar-refractivity contribution < 1.29 is 23.9 Å². The van der Waals surface area contributed by atoms with E-state index < -0.39 is 24.1 Å². The molecule has 2 atom stereocenters. The van der Waals surface area contributed by atoms with Crippen LogP contribution in [0, 0.1) is 5.92 Å². The number of hydrogen-bond acceptors (Lipinski definition) is 6. The van der Waals surface area contributed by atoms with E-state index in [1.165, 1.54) is 0 Å². The van der Waals surface area contributed by atoms with Crippen LogP contribution in [0.2, 0.25) is 0 Å². The van der Waals surface area contributed by atoms with Crippen molar-refractivity contribution in [1.82, 2.24) is 10.6 Å². The molecule has 2 aromatic rings. The lowest BCUT2D eigenvalue weighted by atomic mass is 10.0. The predicted octanol–water partition coefficient (Wildman–Crippen LogP) is 3.95. The van der Waals surface area contributed by atoms with E-state index in [2.05, 4.69) is 10.6 Å². The highest BCUT2D eigenvalue weighted by molar-refractivity contribution is 7.98. The molecule has 0 heterocycles. The van der Waals surface area contributed by atoms with Crippen LogP contribution in [0.5, 0.6) is 5.75 Å². The number of benzene rings is 2. The Morgan fingerprint density at radius 3 is 2.30 bits per heavy atom. The number of ether oxygens (including phenoxy) is 2. The molecule has 1 unspecified atom stereocenters. The van der Waals surface area contributed by atoms with Crippen molar-refractivity contribution in [3.8, 4) is 5.75 Å². The summed E-state index contributed by atoms with van der Waals surface area (Å²) in [5.74, 6) is 1.67. The number of rotatable bonds is 13. The Morgan fingerprint density at radius 2 is 1.70 bits per heavy atom. The number of carbonyl (C=O) groups excluding carboxylic acids is 3. The number of nitrogens with one attached hydrogen (secondary N) is 2. The number of methoxy groups -OCH3 is 1. The minimum atomic E-state index is -0.790. The number of aldehydes is 1. The molecule has 0 bridgehead atoms. The Kier molecular flexibility index (Phi) is 11.3. The third kappa shape index (κ3) is 9.99. The highest BCUT2D eigenvalue weighted by Crippen LogP contribution is 2.17. The maximum Gasteiger partial charge on any atom is 0.408 e. The van der Waals surface area contributed by atoms with Crippen molar-refractivity contribution in [3.05, 3.63) is 65.7 Å². The summed E-state index contributed by atoms with van der Waals surface area (Å²) in [5, 5.41) is 5.37. The first-order chi connectivity index (χ1) is 15.9. The highest BCUT2D eigenvalue weighted by Gasteiger charge is 2.24. The molecule has 2 rings (SSSR count). The third-order valence-electron chi connectivity index (χ3n) is 4.75. The van der Waals surface area contributed by atoms with E-state index in [1.54, 1.807) is 18.9 Å². The van der Waals surface area contributed by atoms with E-state index in [4.69, 9.17) is 9.47 Å². The van der Waals surface area contributed by atoms with E-state index >= 15 is 0 Å². The summed E-state index contributed by atoms with van der Waals surface area (Å²) in [4.78, 5) is 36.6. The molecule has 2 aromatic carbocycles. The van der Waals surface area contributed by atoms with Gasteiger partial charge in [0.25, 0.3) is 0 Å². The van der Waals surface area contributed by atoms with Gasteiger partial charge in [0.1, 0.15) is 24.7 Å². The molecule has 8 heteroatoms. The molecule has 0 radical (unpaired) electrons. The topological polar surface area (TPSA) is 93.7 Å². The molecule has 0 aliphatic carbocycles. The van der Waals surface area contributed by atoms with Crippen molar-refractivity contribution in [3.63, 3.8) is 0 Å². The second-order valence-electron chi connectivity index (χ2n) is 8.00. The quantitative estimate of drug-likeness (QED) is 0.429. The number of alkyl carbamates (subject to hydrolysis) is 1. The first-order valence-corrected chi connectivity index (χ1v) is 12.0. The SMILES string of the molecule is COc1ccc(CSCC(C=O)NC(=O)[C@@H](CC(C)C)NC(=O)OCc2ccccc2)cc1. The fourth-order valence-electron chi connectivity index (χ4n) is 3.03. The number of amides is 2. The molecule has 0 aromatic heterocycles. The van der Waals surface area contributed by atoms with Crippen LogP contribution in [0.1, 0.15) is 31.4 Å². The largest absolute Gasteiger partial charge is 0.497 e. The number of hydrogen-bond donors (Lipinski definition) is 2. The van der Waals surface area contributed by atoms with Gasteiger partial charge in [-0.05, 0) is 35.6 Å². The van der Waals surface area contributed by atoms with Crippen LogP contribution in [0.4, 0.5) is 4.79 Å². The minimum Gasteiger partial charge on any atom is -0.497 e. The van der Waals surface area contributed by atoms with Crippen molar-refractivity contribution in [1.29, 1.82) is 0 Å². The lowest BCUT2D eigenvalue weighted by Gasteiger charge is -2.22. The molecule has 33 heavy (non-hydrogen) atoms. The third-order valence-corrected chi connectivity index (χ3v) is 5.88. The minimum absolute atomic E-state index is 0.113. The predicted molar refractivity (Wildman–Crippen MR) is 130 cm³/mol. The average Bonchev–Trinajstić information content (AvgIpc) is 2.82. The lowest BCUT2D eigenvalue weighted by Crippen LogP contribution is -2.51. The van der Waals surface area contributed by atoms with Gasteiger partial charge in [-0.3, -0.25) is 4.79 Å². The average molecular weight is 473 g/mol. The molecule has 2 amide bonds. The maximum atomic E-state index is 12.8. The Labute approximate surface area is 199 Å². The van der Waals surface area contributed by atoms with Crippen molar-refractivity contribution in [2.75, 3.05) is 12.9 Å².